The second kappa shape index (κ2) is 7.27. The van der Waals surface area contributed by atoms with E-state index in [0.29, 0.717) is 5.69 Å². The van der Waals surface area contributed by atoms with E-state index >= 15 is 0 Å². The lowest BCUT2D eigenvalue weighted by Crippen LogP contribution is -2.14. The van der Waals surface area contributed by atoms with Gasteiger partial charge in [-0.3, -0.25) is 0 Å². The molecule has 0 heterocycles. The zero-order chi connectivity index (χ0) is 17.0. The van der Waals surface area contributed by atoms with E-state index < -0.39 is 0 Å². The number of rotatable bonds is 5. The Morgan fingerprint density at radius 3 is 2.52 bits per heavy atom. The zero-order valence-electron chi connectivity index (χ0n) is 14.5. The highest BCUT2D eigenvalue weighted by Crippen LogP contribution is 2.33. The number of hydrogen-bond acceptors (Lipinski definition) is 2. The van der Waals surface area contributed by atoms with E-state index in [1.165, 1.54) is 11.6 Å². The Hall–Kier alpha value is -2.36. The molecular formula is C19H24FN3. The molecule has 0 saturated carbocycles. The molecule has 0 bridgehead atoms. The van der Waals surface area contributed by atoms with Crippen molar-refractivity contribution < 1.29 is 4.39 Å². The molecule has 0 aliphatic carbocycles. The van der Waals surface area contributed by atoms with Gasteiger partial charge in [0.2, 0.25) is 0 Å². The van der Waals surface area contributed by atoms with Gasteiger partial charge in [-0.05, 0) is 56.2 Å². The maximum Gasteiger partial charge on any atom is 0.127 e. The predicted molar refractivity (Wildman–Crippen MR) is 96.8 cm³/mol. The van der Waals surface area contributed by atoms with E-state index in [-0.39, 0.29) is 5.82 Å². The molecule has 2 aromatic rings. The van der Waals surface area contributed by atoms with Gasteiger partial charge in [0.1, 0.15) is 5.82 Å². The fraction of sp³-hybridized carbons (Fsp3) is 0.316. The van der Waals surface area contributed by atoms with E-state index in [0.717, 1.165) is 23.5 Å². The number of aliphatic imine (C=N–C) groups is 1. The first-order chi connectivity index (χ1) is 10.9. The molecule has 4 heteroatoms. The van der Waals surface area contributed by atoms with E-state index in [1.54, 1.807) is 12.4 Å². The molecule has 122 valence electrons. The molecule has 0 aliphatic heterocycles. The molecule has 0 saturated heterocycles. The van der Waals surface area contributed by atoms with Crippen LogP contribution in [0.15, 0.2) is 41.4 Å². The largest absolute Gasteiger partial charge is 0.366 e. The van der Waals surface area contributed by atoms with Crippen LogP contribution in [-0.2, 0) is 0 Å². The van der Waals surface area contributed by atoms with Crippen molar-refractivity contribution in [3.8, 4) is 0 Å². The second-order valence-corrected chi connectivity index (χ2v) is 5.78. The van der Waals surface area contributed by atoms with Gasteiger partial charge in [0.25, 0.3) is 0 Å². The van der Waals surface area contributed by atoms with Crippen molar-refractivity contribution in [3.63, 3.8) is 0 Å². The Bertz CT molecular complexity index is 710. The summed E-state index contributed by atoms with van der Waals surface area (Å²) in [6, 6.07) is 11.2. The minimum atomic E-state index is -0.281. The third-order valence-electron chi connectivity index (χ3n) is 3.96. The summed E-state index contributed by atoms with van der Waals surface area (Å²) in [6.45, 7) is 6.92. The Kier molecular flexibility index (Phi) is 5.37. The average Bonchev–Trinajstić information content (AvgIpc) is 2.54. The van der Waals surface area contributed by atoms with Crippen LogP contribution in [0.1, 0.15) is 18.1 Å². The van der Waals surface area contributed by atoms with Gasteiger partial charge < -0.3 is 9.80 Å². The van der Waals surface area contributed by atoms with E-state index in [1.807, 2.05) is 62.9 Å². The van der Waals surface area contributed by atoms with Crippen LogP contribution < -0.4 is 4.90 Å². The van der Waals surface area contributed by atoms with Crippen molar-refractivity contribution in [2.24, 2.45) is 4.99 Å². The lowest BCUT2D eigenvalue weighted by molar-refractivity contribution is 0.552. The van der Waals surface area contributed by atoms with Crippen molar-refractivity contribution >= 4 is 23.4 Å². The lowest BCUT2D eigenvalue weighted by Gasteiger charge is -2.23. The second-order valence-electron chi connectivity index (χ2n) is 5.78. The maximum absolute atomic E-state index is 14.1. The Labute approximate surface area is 138 Å². The first-order valence-corrected chi connectivity index (χ1v) is 7.77. The summed E-state index contributed by atoms with van der Waals surface area (Å²) in [5, 5.41) is 0. The van der Waals surface area contributed by atoms with Crippen LogP contribution in [0.5, 0.6) is 0 Å². The van der Waals surface area contributed by atoms with Gasteiger partial charge in [0, 0.05) is 32.0 Å². The van der Waals surface area contributed by atoms with Crippen molar-refractivity contribution in [3.05, 3.63) is 53.3 Å². The Morgan fingerprint density at radius 1 is 1.13 bits per heavy atom. The van der Waals surface area contributed by atoms with E-state index in [2.05, 4.69) is 11.1 Å². The summed E-state index contributed by atoms with van der Waals surface area (Å²) in [4.78, 5) is 8.37. The van der Waals surface area contributed by atoms with Crippen molar-refractivity contribution in [2.75, 3.05) is 25.5 Å². The highest BCUT2D eigenvalue weighted by Gasteiger charge is 2.12. The third kappa shape index (κ3) is 4.09. The monoisotopic (exact) mass is 313 g/mol. The minimum Gasteiger partial charge on any atom is -0.366 e. The number of aryl methyl sites for hydroxylation is 1. The fourth-order valence-corrected chi connectivity index (χ4v) is 2.35. The number of halogens is 1. The van der Waals surface area contributed by atoms with Crippen LogP contribution in [0, 0.1) is 19.7 Å². The number of nitrogens with zero attached hydrogens (tertiary/aromatic N) is 3. The number of hydrogen-bond donors (Lipinski definition) is 0. The molecule has 3 nitrogen and oxygen atoms in total. The molecule has 2 rings (SSSR count). The SMILES string of the molecule is CCN(C)/C=N/c1cc(F)cc(N(C)c2cccc(C)c2)c1C. The van der Waals surface area contributed by atoms with Crippen LogP contribution in [0.25, 0.3) is 0 Å². The molecule has 0 aromatic heterocycles. The summed E-state index contributed by atoms with van der Waals surface area (Å²) in [5.41, 5.74) is 4.63. The van der Waals surface area contributed by atoms with Crippen LogP contribution in [-0.4, -0.2) is 31.9 Å². The molecule has 0 amide bonds. The van der Waals surface area contributed by atoms with Gasteiger partial charge in [-0.25, -0.2) is 9.38 Å². The van der Waals surface area contributed by atoms with Crippen LogP contribution in [0.3, 0.4) is 0 Å². The standard InChI is InChI=1S/C19H24FN3/c1-6-22(4)13-21-18-11-16(20)12-19(15(18)3)23(5)17-9-7-8-14(2)10-17/h7-13H,6H2,1-5H3/b21-13+. The summed E-state index contributed by atoms with van der Waals surface area (Å²) in [5.74, 6) is -0.281. The Morgan fingerprint density at radius 2 is 1.87 bits per heavy atom. The molecule has 0 fully saturated rings. The highest BCUT2D eigenvalue weighted by molar-refractivity contribution is 5.73. The predicted octanol–water partition coefficient (Wildman–Crippen LogP) is 4.82. The normalized spacial score (nSPS) is 11.0. The molecule has 0 aliphatic rings. The number of benzene rings is 2. The maximum atomic E-state index is 14.1. The zero-order valence-corrected chi connectivity index (χ0v) is 14.5. The summed E-state index contributed by atoms with van der Waals surface area (Å²) >= 11 is 0. The van der Waals surface area contributed by atoms with Crippen molar-refractivity contribution in [2.45, 2.75) is 20.8 Å². The van der Waals surface area contributed by atoms with Crippen LogP contribution in [0.4, 0.5) is 21.5 Å². The van der Waals surface area contributed by atoms with Gasteiger partial charge in [-0.2, -0.15) is 0 Å². The molecule has 0 radical (unpaired) electrons. The van der Waals surface area contributed by atoms with E-state index in [4.69, 9.17) is 0 Å². The molecule has 23 heavy (non-hydrogen) atoms. The Balaban J connectivity index is 2.43. The number of anilines is 2. The van der Waals surface area contributed by atoms with Crippen LogP contribution in [0.2, 0.25) is 0 Å². The third-order valence-corrected chi connectivity index (χ3v) is 3.96. The highest BCUT2D eigenvalue weighted by atomic mass is 19.1. The summed E-state index contributed by atoms with van der Waals surface area (Å²) in [7, 11) is 3.89. The smallest absolute Gasteiger partial charge is 0.127 e. The van der Waals surface area contributed by atoms with Gasteiger partial charge in [-0.1, -0.05) is 12.1 Å². The molecular weight excluding hydrogens is 289 g/mol. The topological polar surface area (TPSA) is 18.8 Å². The molecule has 0 spiro atoms. The lowest BCUT2D eigenvalue weighted by atomic mass is 10.1. The summed E-state index contributed by atoms with van der Waals surface area (Å²) < 4.78 is 14.1. The van der Waals surface area contributed by atoms with Crippen LogP contribution >= 0.6 is 0 Å². The van der Waals surface area contributed by atoms with Crippen molar-refractivity contribution in [1.29, 1.82) is 0 Å². The first kappa shape index (κ1) is 17.0. The quantitative estimate of drug-likeness (QED) is 0.582. The first-order valence-electron chi connectivity index (χ1n) is 7.77. The fourth-order valence-electron chi connectivity index (χ4n) is 2.35. The molecule has 2 aromatic carbocycles. The van der Waals surface area contributed by atoms with Gasteiger partial charge in [0.15, 0.2) is 0 Å². The minimum absolute atomic E-state index is 0.281. The molecule has 0 N–H and O–H groups in total. The van der Waals surface area contributed by atoms with Gasteiger partial charge in [-0.15, -0.1) is 0 Å². The van der Waals surface area contributed by atoms with Crippen molar-refractivity contribution in [1.82, 2.24) is 4.90 Å². The van der Waals surface area contributed by atoms with E-state index in [9.17, 15) is 4.39 Å². The van der Waals surface area contributed by atoms with Gasteiger partial charge in [0.05, 0.1) is 12.0 Å². The summed E-state index contributed by atoms with van der Waals surface area (Å²) in [6.07, 6.45) is 1.73. The van der Waals surface area contributed by atoms with Gasteiger partial charge >= 0.3 is 0 Å². The molecule has 0 unspecified atom stereocenters. The molecule has 0 atom stereocenters. The average molecular weight is 313 g/mol.